The van der Waals surface area contributed by atoms with Gasteiger partial charge in [-0.1, -0.05) is 18.2 Å². The summed E-state index contributed by atoms with van der Waals surface area (Å²) in [5.74, 6) is 0.332. The first-order chi connectivity index (χ1) is 8.15. The third-order valence-corrected chi connectivity index (χ3v) is 2.23. The van der Waals surface area contributed by atoms with Crippen LogP contribution in [0.2, 0.25) is 0 Å². The molecule has 0 aliphatic heterocycles. The fourth-order valence-electron chi connectivity index (χ4n) is 1.42. The minimum atomic E-state index is -0.935. The zero-order valence-corrected chi connectivity index (χ0v) is 9.33. The average Bonchev–Trinajstić information content (AvgIpc) is 2.68. The van der Waals surface area contributed by atoms with Crippen LogP contribution in [0.1, 0.15) is 5.56 Å². The number of para-hydroxylation sites is 1. The van der Waals surface area contributed by atoms with Crippen molar-refractivity contribution in [2.75, 3.05) is 0 Å². The second kappa shape index (κ2) is 4.69. The number of ether oxygens (including phenoxy) is 1. The van der Waals surface area contributed by atoms with Gasteiger partial charge in [0.15, 0.2) is 5.75 Å². The summed E-state index contributed by atoms with van der Waals surface area (Å²) in [6.07, 6.45) is 3.05. The number of carboxylic acids is 1. The Labute approximate surface area is 98.3 Å². The molecule has 1 N–H and O–H groups in total. The summed E-state index contributed by atoms with van der Waals surface area (Å²) < 4.78 is 6.91. The van der Waals surface area contributed by atoms with Crippen LogP contribution in [0.3, 0.4) is 0 Å². The highest BCUT2D eigenvalue weighted by molar-refractivity contribution is 5.66. The van der Waals surface area contributed by atoms with Gasteiger partial charge in [-0.25, -0.2) is 0 Å². The van der Waals surface area contributed by atoms with E-state index in [4.69, 9.17) is 9.84 Å². The highest BCUT2D eigenvalue weighted by Gasteiger charge is 2.05. The highest BCUT2D eigenvalue weighted by atomic mass is 16.5. The second-order valence-electron chi connectivity index (χ2n) is 3.63. The molecule has 0 amide bonds. The van der Waals surface area contributed by atoms with Gasteiger partial charge in [-0.05, 0) is 18.6 Å². The lowest BCUT2D eigenvalue weighted by Crippen LogP contribution is -2.08. The molecule has 0 bridgehead atoms. The number of hydrogen-bond acceptors (Lipinski definition) is 3. The number of aryl methyl sites for hydroxylation is 1. The summed E-state index contributed by atoms with van der Waals surface area (Å²) in [6, 6.07) is 7.60. The van der Waals surface area contributed by atoms with Gasteiger partial charge in [0.25, 0.3) is 0 Å². The molecule has 2 rings (SSSR count). The van der Waals surface area contributed by atoms with Crippen LogP contribution >= 0.6 is 0 Å². The molecule has 0 atom stereocenters. The Morgan fingerprint density at radius 2 is 2.24 bits per heavy atom. The molecule has 88 valence electrons. The van der Waals surface area contributed by atoms with Crippen LogP contribution in [-0.4, -0.2) is 20.9 Å². The van der Waals surface area contributed by atoms with Crippen molar-refractivity contribution in [1.82, 2.24) is 9.78 Å². The van der Waals surface area contributed by atoms with Gasteiger partial charge in [-0.15, -0.1) is 0 Å². The molecule has 0 radical (unpaired) electrons. The van der Waals surface area contributed by atoms with Crippen LogP contribution in [0, 0.1) is 6.92 Å². The molecule has 0 aliphatic rings. The van der Waals surface area contributed by atoms with Crippen molar-refractivity contribution in [3.63, 3.8) is 0 Å². The van der Waals surface area contributed by atoms with Crippen molar-refractivity contribution < 1.29 is 14.6 Å². The lowest BCUT2D eigenvalue weighted by atomic mass is 10.2. The topological polar surface area (TPSA) is 64.4 Å². The van der Waals surface area contributed by atoms with Gasteiger partial charge in [0, 0.05) is 0 Å². The second-order valence-corrected chi connectivity index (χ2v) is 3.63. The summed E-state index contributed by atoms with van der Waals surface area (Å²) in [5, 5.41) is 12.5. The quantitative estimate of drug-likeness (QED) is 0.876. The molecular formula is C12H12N2O3. The predicted molar refractivity (Wildman–Crippen MR) is 61.1 cm³/mol. The molecule has 5 heteroatoms. The van der Waals surface area contributed by atoms with Gasteiger partial charge in [-0.3, -0.25) is 9.48 Å². The van der Waals surface area contributed by atoms with Gasteiger partial charge in [0.2, 0.25) is 0 Å². The lowest BCUT2D eigenvalue weighted by Gasteiger charge is -2.05. The van der Waals surface area contributed by atoms with E-state index in [1.165, 1.54) is 10.9 Å². The molecule has 0 saturated heterocycles. The zero-order chi connectivity index (χ0) is 12.3. The highest BCUT2D eigenvalue weighted by Crippen LogP contribution is 2.23. The summed E-state index contributed by atoms with van der Waals surface area (Å²) in [7, 11) is 0. The van der Waals surface area contributed by atoms with E-state index in [0.717, 1.165) is 11.3 Å². The predicted octanol–water partition coefficient (Wildman–Crippen LogP) is 2.07. The SMILES string of the molecule is Cc1ccccc1Oc1cnn(CC(=O)O)c1. The Morgan fingerprint density at radius 3 is 2.94 bits per heavy atom. The zero-order valence-electron chi connectivity index (χ0n) is 9.33. The normalized spacial score (nSPS) is 10.2. The Hall–Kier alpha value is -2.30. The van der Waals surface area contributed by atoms with Crippen LogP contribution in [0.5, 0.6) is 11.5 Å². The van der Waals surface area contributed by atoms with Gasteiger partial charge in [0.05, 0.1) is 12.4 Å². The van der Waals surface area contributed by atoms with Gasteiger partial charge in [-0.2, -0.15) is 5.10 Å². The molecule has 0 fully saturated rings. The number of carbonyl (C=O) groups is 1. The molecule has 5 nitrogen and oxygen atoms in total. The van der Waals surface area contributed by atoms with E-state index in [2.05, 4.69) is 5.10 Å². The first kappa shape index (κ1) is 11.2. The third-order valence-electron chi connectivity index (χ3n) is 2.23. The number of aromatic nitrogens is 2. The van der Waals surface area contributed by atoms with Gasteiger partial charge < -0.3 is 9.84 Å². The monoisotopic (exact) mass is 232 g/mol. The molecule has 2 aromatic rings. The molecule has 0 spiro atoms. The minimum Gasteiger partial charge on any atom is -0.480 e. The van der Waals surface area contributed by atoms with E-state index in [0.29, 0.717) is 5.75 Å². The Morgan fingerprint density at radius 1 is 1.47 bits per heavy atom. The van der Waals surface area contributed by atoms with Crippen LogP contribution in [0.4, 0.5) is 0 Å². The minimum absolute atomic E-state index is 0.170. The first-order valence-electron chi connectivity index (χ1n) is 5.13. The third kappa shape index (κ3) is 2.84. The van der Waals surface area contributed by atoms with Gasteiger partial charge >= 0.3 is 5.97 Å². The molecule has 17 heavy (non-hydrogen) atoms. The molecule has 1 heterocycles. The molecule has 1 aromatic carbocycles. The summed E-state index contributed by atoms with van der Waals surface area (Å²) >= 11 is 0. The van der Waals surface area contributed by atoms with Gasteiger partial charge in [0.1, 0.15) is 12.3 Å². The maximum Gasteiger partial charge on any atom is 0.325 e. The van der Waals surface area contributed by atoms with Crippen molar-refractivity contribution in [3.8, 4) is 11.5 Å². The first-order valence-corrected chi connectivity index (χ1v) is 5.13. The van der Waals surface area contributed by atoms with Crippen molar-refractivity contribution in [1.29, 1.82) is 0 Å². The van der Waals surface area contributed by atoms with Crippen molar-refractivity contribution >= 4 is 5.97 Å². The summed E-state index contributed by atoms with van der Waals surface area (Å²) in [5.41, 5.74) is 1.01. The summed E-state index contributed by atoms with van der Waals surface area (Å²) in [4.78, 5) is 10.5. The standard InChI is InChI=1S/C12H12N2O3/c1-9-4-2-3-5-11(9)17-10-6-13-14(7-10)8-12(15)16/h2-7H,8H2,1H3,(H,15,16). The summed E-state index contributed by atoms with van der Waals surface area (Å²) in [6.45, 7) is 1.77. The number of benzene rings is 1. The van der Waals surface area contributed by atoms with Crippen molar-refractivity contribution in [2.24, 2.45) is 0 Å². The van der Waals surface area contributed by atoms with E-state index in [-0.39, 0.29) is 6.54 Å². The maximum absolute atomic E-state index is 10.5. The Balaban J connectivity index is 2.12. The molecule has 1 aromatic heterocycles. The number of carboxylic acid groups (broad SMARTS) is 1. The lowest BCUT2D eigenvalue weighted by molar-refractivity contribution is -0.137. The molecule has 0 saturated carbocycles. The molecule has 0 unspecified atom stereocenters. The van der Waals surface area contributed by atoms with Crippen LogP contribution in [0.25, 0.3) is 0 Å². The van der Waals surface area contributed by atoms with E-state index in [1.807, 2.05) is 31.2 Å². The Kier molecular flexibility index (Phi) is 3.09. The van der Waals surface area contributed by atoms with Crippen molar-refractivity contribution in [2.45, 2.75) is 13.5 Å². The number of nitrogens with zero attached hydrogens (tertiary/aromatic N) is 2. The van der Waals surface area contributed by atoms with Crippen LogP contribution in [-0.2, 0) is 11.3 Å². The largest absolute Gasteiger partial charge is 0.480 e. The molecule has 0 aliphatic carbocycles. The Bertz CT molecular complexity index is 534. The van der Waals surface area contributed by atoms with E-state index >= 15 is 0 Å². The fraction of sp³-hybridized carbons (Fsp3) is 0.167. The number of aliphatic carboxylic acids is 1. The van der Waals surface area contributed by atoms with E-state index < -0.39 is 5.97 Å². The van der Waals surface area contributed by atoms with E-state index in [9.17, 15) is 4.79 Å². The van der Waals surface area contributed by atoms with Crippen LogP contribution in [0.15, 0.2) is 36.7 Å². The number of hydrogen-bond donors (Lipinski definition) is 1. The fourth-order valence-corrected chi connectivity index (χ4v) is 1.42. The van der Waals surface area contributed by atoms with Crippen LogP contribution < -0.4 is 4.74 Å². The smallest absolute Gasteiger partial charge is 0.325 e. The van der Waals surface area contributed by atoms with E-state index in [1.54, 1.807) is 6.20 Å². The maximum atomic E-state index is 10.5. The average molecular weight is 232 g/mol. The van der Waals surface area contributed by atoms with Crippen molar-refractivity contribution in [3.05, 3.63) is 42.2 Å². The molecular weight excluding hydrogens is 220 g/mol. The number of rotatable bonds is 4.